The van der Waals surface area contributed by atoms with Crippen molar-refractivity contribution in [2.75, 3.05) is 6.54 Å². The van der Waals surface area contributed by atoms with Gasteiger partial charge in [0.2, 0.25) is 0 Å². The minimum Gasteiger partial charge on any atom is -0.444 e. The lowest BCUT2D eigenvalue weighted by molar-refractivity contribution is 0.0497. The summed E-state index contributed by atoms with van der Waals surface area (Å²) in [6, 6.07) is 0.131. The van der Waals surface area contributed by atoms with E-state index in [-0.39, 0.29) is 12.1 Å². The number of aromatic nitrogens is 2. The van der Waals surface area contributed by atoms with Gasteiger partial charge in [0.15, 0.2) is 0 Å². The third kappa shape index (κ3) is 5.33. The lowest BCUT2D eigenvalue weighted by atomic mass is 10.1. The highest BCUT2D eigenvalue weighted by Crippen LogP contribution is 2.32. The number of hydrogen-bond donors (Lipinski definition) is 2. The zero-order valence-electron chi connectivity index (χ0n) is 14.3. The monoisotopic (exact) mass is 308 g/mol. The SMILES string of the molecule is Cc1nn(C)cc1CNCC(NC(=O)OC(C)(C)C)C1CC1. The van der Waals surface area contributed by atoms with Gasteiger partial charge in [-0.1, -0.05) is 0 Å². The van der Waals surface area contributed by atoms with E-state index in [9.17, 15) is 4.79 Å². The molecule has 1 atom stereocenters. The highest BCUT2D eigenvalue weighted by molar-refractivity contribution is 5.68. The molecule has 0 saturated heterocycles. The lowest BCUT2D eigenvalue weighted by Crippen LogP contribution is -2.45. The van der Waals surface area contributed by atoms with Crippen molar-refractivity contribution in [1.29, 1.82) is 0 Å². The van der Waals surface area contributed by atoms with Crippen LogP contribution >= 0.6 is 0 Å². The summed E-state index contributed by atoms with van der Waals surface area (Å²) in [5, 5.41) is 10.8. The molecule has 1 aromatic heterocycles. The van der Waals surface area contributed by atoms with Crippen LogP contribution in [0.25, 0.3) is 0 Å². The Kier molecular flexibility index (Phi) is 5.11. The molecule has 1 amide bonds. The van der Waals surface area contributed by atoms with Gasteiger partial charge in [-0.05, 0) is 46.5 Å². The van der Waals surface area contributed by atoms with Crippen LogP contribution in [0.1, 0.15) is 44.9 Å². The van der Waals surface area contributed by atoms with Gasteiger partial charge in [-0.2, -0.15) is 5.10 Å². The predicted octanol–water partition coefficient (Wildman–Crippen LogP) is 2.12. The zero-order valence-corrected chi connectivity index (χ0v) is 14.3. The molecule has 0 radical (unpaired) electrons. The van der Waals surface area contributed by atoms with Gasteiger partial charge >= 0.3 is 6.09 Å². The van der Waals surface area contributed by atoms with Crippen molar-refractivity contribution in [1.82, 2.24) is 20.4 Å². The van der Waals surface area contributed by atoms with Crippen molar-refractivity contribution in [2.45, 2.75) is 58.7 Å². The van der Waals surface area contributed by atoms with Crippen molar-refractivity contribution < 1.29 is 9.53 Å². The maximum absolute atomic E-state index is 11.9. The first-order valence-electron chi connectivity index (χ1n) is 7.94. The number of hydrogen-bond acceptors (Lipinski definition) is 4. The molecule has 2 rings (SSSR count). The average Bonchev–Trinajstić information content (AvgIpc) is 3.13. The molecule has 1 unspecified atom stereocenters. The van der Waals surface area contributed by atoms with Crippen LogP contribution in [0.4, 0.5) is 4.79 Å². The van der Waals surface area contributed by atoms with Crippen LogP contribution in [0.2, 0.25) is 0 Å². The van der Waals surface area contributed by atoms with E-state index in [1.807, 2.05) is 45.6 Å². The number of rotatable bonds is 6. The van der Waals surface area contributed by atoms with Crippen LogP contribution in [-0.4, -0.2) is 34.1 Å². The zero-order chi connectivity index (χ0) is 16.3. The molecule has 22 heavy (non-hydrogen) atoms. The number of amides is 1. The van der Waals surface area contributed by atoms with Crippen LogP contribution in [0.3, 0.4) is 0 Å². The van der Waals surface area contributed by atoms with Gasteiger partial charge in [-0.25, -0.2) is 4.79 Å². The Balaban J connectivity index is 1.80. The molecule has 0 aliphatic heterocycles. The fourth-order valence-corrected chi connectivity index (χ4v) is 2.48. The Hall–Kier alpha value is -1.56. The summed E-state index contributed by atoms with van der Waals surface area (Å²) in [4.78, 5) is 11.9. The quantitative estimate of drug-likeness (QED) is 0.844. The number of aryl methyl sites for hydroxylation is 2. The molecule has 1 aromatic rings. The summed E-state index contributed by atoms with van der Waals surface area (Å²) < 4.78 is 7.17. The number of ether oxygens (including phenoxy) is 1. The Morgan fingerprint density at radius 1 is 1.50 bits per heavy atom. The molecule has 0 spiro atoms. The first kappa shape index (κ1) is 16.8. The molecule has 1 aliphatic carbocycles. The second kappa shape index (κ2) is 6.69. The molecule has 124 valence electrons. The molecule has 6 nitrogen and oxygen atoms in total. The lowest BCUT2D eigenvalue weighted by Gasteiger charge is -2.24. The van der Waals surface area contributed by atoms with Gasteiger partial charge in [0.1, 0.15) is 5.60 Å². The molecule has 0 aromatic carbocycles. The van der Waals surface area contributed by atoms with Crippen molar-refractivity contribution in [3.63, 3.8) is 0 Å². The molecular weight excluding hydrogens is 280 g/mol. The third-order valence-corrected chi connectivity index (χ3v) is 3.69. The van der Waals surface area contributed by atoms with Crippen LogP contribution in [0, 0.1) is 12.8 Å². The molecular formula is C16H28N4O2. The molecule has 1 heterocycles. The Bertz CT molecular complexity index is 515. The summed E-state index contributed by atoms with van der Waals surface area (Å²) in [7, 11) is 1.92. The smallest absolute Gasteiger partial charge is 0.407 e. The fraction of sp³-hybridized carbons (Fsp3) is 0.750. The maximum atomic E-state index is 11.9. The summed E-state index contributed by atoms with van der Waals surface area (Å²) in [6.45, 7) is 9.15. The number of nitrogens with one attached hydrogen (secondary N) is 2. The van der Waals surface area contributed by atoms with E-state index in [0.717, 1.165) is 18.8 Å². The first-order chi connectivity index (χ1) is 10.2. The van der Waals surface area contributed by atoms with Gasteiger partial charge in [0.05, 0.1) is 5.69 Å². The molecule has 1 saturated carbocycles. The minimum absolute atomic E-state index is 0.131. The van der Waals surface area contributed by atoms with E-state index in [2.05, 4.69) is 15.7 Å². The van der Waals surface area contributed by atoms with Crippen LogP contribution in [0.5, 0.6) is 0 Å². The van der Waals surface area contributed by atoms with Crippen molar-refractivity contribution >= 4 is 6.09 Å². The van der Waals surface area contributed by atoms with E-state index < -0.39 is 5.60 Å². The Morgan fingerprint density at radius 2 is 2.18 bits per heavy atom. The number of carbonyl (C=O) groups excluding carboxylic acids is 1. The number of carbonyl (C=O) groups is 1. The number of alkyl carbamates (subject to hydrolysis) is 1. The highest BCUT2D eigenvalue weighted by atomic mass is 16.6. The van der Waals surface area contributed by atoms with E-state index in [4.69, 9.17) is 4.74 Å². The van der Waals surface area contributed by atoms with Gasteiger partial charge < -0.3 is 15.4 Å². The fourth-order valence-electron chi connectivity index (χ4n) is 2.48. The molecule has 1 aliphatic rings. The second-order valence-corrected chi connectivity index (χ2v) is 7.13. The Morgan fingerprint density at radius 3 is 2.68 bits per heavy atom. The molecule has 2 N–H and O–H groups in total. The van der Waals surface area contributed by atoms with E-state index in [0.29, 0.717) is 5.92 Å². The molecule has 1 fully saturated rings. The summed E-state index contributed by atoms with van der Waals surface area (Å²) >= 11 is 0. The van der Waals surface area contributed by atoms with E-state index in [1.54, 1.807) is 0 Å². The van der Waals surface area contributed by atoms with Gasteiger partial charge in [0, 0.05) is 37.9 Å². The summed E-state index contributed by atoms with van der Waals surface area (Å²) in [5.74, 6) is 0.565. The minimum atomic E-state index is -0.460. The molecule has 6 heteroatoms. The largest absolute Gasteiger partial charge is 0.444 e. The normalized spacial score (nSPS) is 16.4. The van der Waals surface area contributed by atoms with Crippen molar-refractivity contribution in [3.05, 3.63) is 17.5 Å². The average molecular weight is 308 g/mol. The summed E-state index contributed by atoms with van der Waals surface area (Å²) in [5.41, 5.74) is 1.77. The van der Waals surface area contributed by atoms with Gasteiger partial charge in [0.25, 0.3) is 0 Å². The van der Waals surface area contributed by atoms with E-state index in [1.165, 1.54) is 18.4 Å². The van der Waals surface area contributed by atoms with Crippen LogP contribution < -0.4 is 10.6 Å². The van der Waals surface area contributed by atoms with Gasteiger partial charge in [-0.15, -0.1) is 0 Å². The van der Waals surface area contributed by atoms with E-state index >= 15 is 0 Å². The summed E-state index contributed by atoms with van der Waals surface area (Å²) in [6.07, 6.45) is 4.04. The first-order valence-corrected chi connectivity index (χ1v) is 7.94. The topological polar surface area (TPSA) is 68.2 Å². The number of nitrogens with zero attached hydrogens (tertiary/aromatic N) is 2. The third-order valence-electron chi connectivity index (χ3n) is 3.69. The predicted molar refractivity (Wildman–Crippen MR) is 85.5 cm³/mol. The van der Waals surface area contributed by atoms with Crippen molar-refractivity contribution in [2.24, 2.45) is 13.0 Å². The Labute approximate surface area is 132 Å². The standard InChI is InChI=1S/C16H28N4O2/c1-11-13(10-20(5)19-11)8-17-9-14(12-6-7-12)18-15(21)22-16(2,3)4/h10,12,14,17H,6-9H2,1-5H3,(H,18,21). The second-order valence-electron chi connectivity index (χ2n) is 7.13. The van der Waals surface area contributed by atoms with Crippen molar-refractivity contribution in [3.8, 4) is 0 Å². The highest BCUT2D eigenvalue weighted by Gasteiger charge is 2.33. The maximum Gasteiger partial charge on any atom is 0.407 e. The van der Waals surface area contributed by atoms with Crippen LogP contribution in [0.15, 0.2) is 6.20 Å². The molecule has 0 bridgehead atoms. The van der Waals surface area contributed by atoms with Gasteiger partial charge in [-0.3, -0.25) is 4.68 Å². The van der Waals surface area contributed by atoms with Crippen LogP contribution in [-0.2, 0) is 18.3 Å².